The lowest BCUT2D eigenvalue weighted by molar-refractivity contribution is 0.0524. The predicted molar refractivity (Wildman–Crippen MR) is 95.1 cm³/mol. The molecular weight excluding hydrogens is 318 g/mol. The molecule has 0 aliphatic carbocycles. The number of unbranched alkanes of at least 4 members (excludes halogenated alkanes) is 3. The van der Waals surface area contributed by atoms with E-state index in [1.54, 1.807) is 11.3 Å². The number of rotatable bonds is 8. The summed E-state index contributed by atoms with van der Waals surface area (Å²) in [5.74, 6) is 0.307. The van der Waals surface area contributed by atoms with Crippen molar-refractivity contribution < 1.29 is 9.53 Å². The minimum atomic E-state index is -0.465. The molecule has 0 aliphatic heterocycles. The van der Waals surface area contributed by atoms with E-state index in [1.165, 1.54) is 30.6 Å². The van der Waals surface area contributed by atoms with Gasteiger partial charge < -0.3 is 10.1 Å². The topological polar surface area (TPSA) is 38.3 Å². The molecule has 5 heteroatoms. The number of thiophene rings is 1. The quantitative estimate of drug-likeness (QED) is 0.588. The summed E-state index contributed by atoms with van der Waals surface area (Å²) in [4.78, 5) is 13.1. The number of halogens is 1. The first kappa shape index (κ1) is 19.3. The van der Waals surface area contributed by atoms with Crippen LogP contribution in [0.3, 0.4) is 0 Å². The molecule has 0 aromatic carbocycles. The minimum absolute atomic E-state index is 0.307. The molecule has 0 radical (unpaired) electrons. The van der Waals surface area contributed by atoms with Crippen LogP contribution in [0.25, 0.3) is 0 Å². The normalized spacial score (nSPS) is 13.0. The molecule has 1 heterocycles. The highest BCUT2D eigenvalue weighted by Crippen LogP contribution is 2.31. The van der Waals surface area contributed by atoms with Crippen LogP contribution in [-0.2, 0) is 4.74 Å². The van der Waals surface area contributed by atoms with Gasteiger partial charge in [0.1, 0.15) is 5.60 Å². The van der Waals surface area contributed by atoms with Crippen LogP contribution in [-0.4, -0.2) is 18.2 Å². The van der Waals surface area contributed by atoms with Crippen molar-refractivity contribution in [2.24, 2.45) is 0 Å². The lowest BCUT2D eigenvalue weighted by Gasteiger charge is -2.21. The van der Waals surface area contributed by atoms with Crippen molar-refractivity contribution in [1.29, 1.82) is 0 Å². The second-order valence-corrected chi connectivity index (χ2v) is 8.32. The van der Waals surface area contributed by atoms with Gasteiger partial charge in [-0.2, -0.15) is 0 Å². The lowest BCUT2D eigenvalue weighted by Crippen LogP contribution is -2.34. The van der Waals surface area contributed by atoms with E-state index in [2.05, 4.69) is 18.3 Å². The number of carbonyl (C=O) groups is 1. The van der Waals surface area contributed by atoms with Gasteiger partial charge in [-0.3, -0.25) is 0 Å². The number of hydrogen-bond acceptors (Lipinski definition) is 3. The molecule has 1 unspecified atom stereocenters. The summed E-state index contributed by atoms with van der Waals surface area (Å²) in [5.41, 5.74) is -0.465. The summed E-state index contributed by atoms with van der Waals surface area (Å²) in [6.45, 7) is 8.41. The van der Waals surface area contributed by atoms with E-state index in [-0.39, 0.29) is 6.09 Å². The van der Waals surface area contributed by atoms with Crippen molar-refractivity contribution in [3.8, 4) is 0 Å². The minimum Gasteiger partial charge on any atom is -0.444 e. The second kappa shape index (κ2) is 9.41. The Hall–Kier alpha value is -0.740. The molecule has 22 heavy (non-hydrogen) atoms. The number of amides is 1. The van der Waals surface area contributed by atoms with Crippen LogP contribution < -0.4 is 5.32 Å². The largest absolute Gasteiger partial charge is 0.444 e. The smallest absolute Gasteiger partial charge is 0.407 e. The fourth-order valence-electron chi connectivity index (χ4n) is 2.23. The Labute approximate surface area is 143 Å². The van der Waals surface area contributed by atoms with Crippen LogP contribution in [0.5, 0.6) is 0 Å². The molecule has 1 N–H and O–H groups in total. The number of carbonyl (C=O) groups excluding carboxylic acids is 1. The Morgan fingerprint density at radius 2 is 2.05 bits per heavy atom. The van der Waals surface area contributed by atoms with E-state index in [1.807, 2.05) is 26.8 Å². The third kappa shape index (κ3) is 8.04. The highest BCUT2D eigenvalue weighted by Gasteiger charge is 2.19. The first-order valence-corrected chi connectivity index (χ1v) is 9.23. The summed E-state index contributed by atoms with van der Waals surface area (Å²) in [6.07, 6.45) is 5.60. The van der Waals surface area contributed by atoms with E-state index in [0.717, 1.165) is 10.8 Å². The van der Waals surface area contributed by atoms with Gasteiger partial charge in [0.25, 0.3) is 0 Å². The summed E-state index contributed by atoms with van der Waals surface area (Å²) >= 11 is 7.64. The Balaban J connectivity index is 2.53. The molecule has 1 amide bonds. The molecule has 0 spiro atoms. The van der Waals surface area contributed by atoms with Crippen LogP contribution in [0.4, 0.5) is 4.79 Å². The third-order valence-electron chi connectivity index (χ3n) is 3.29. The van der Waals surface area contributed by atoms with Crippen molar-refractivity contribution in [2.45, 2.75) is 71.3 Å². The molecule has 1 aromatic heterocycles. The summed E-state index contributed by atoms with van der Waals surface area (Å²) in [6, 6.07) is 3.99. The van der Waals surface area contributed by atoms with Gasteiger partial charge in [0.2, 0.25) is 0 Å². The average Bonchev–Trinajstić information content (AvgIpc) is 2.82. The summed E-state index contributed by atoms with van der Waals surface area (Å²) in [7, 11) is 0. The molecule has 0 bridgehead atoms. The van der Waals surface area contributed by atoms with Crippen LogP contribution in [0.2, 0.25) is 4.34 Å². The van der Waals surface area contributed by atoms with E-state index in [9.17, 15) is 4.79 Å². The monoisotopic (exact) mass is 345 g/mol. The molecule has 126 valence electrons. The van der Waals surface area contributed by atoms with Crippen LogP contribution in [0.1, 0.15) is 70.6 Å². The first-order valence-electron chi connectivity index (χ1n) is 8.04. The zero-order valence-electron chi connectivity index (χ0n) is 14.1. The zero-order valence-corrected chi connectivity index (χ0v) is 15.6. The van der Waals surface area contributed by atoms with Crippen LogP contribution >= 0.6 is 22.9 Å². The van der Waals surface area contributed by atoms with Crippen molar-refractivity contribution in [3.63, 3.8) is 0 Å². The van der Waals surface area contributed by atoms with E-state index in [0.29, 0.717) is 12.5 Å². The zero-order chi connectivity index (χ0) is 16.6. The number of ether oxygens (including phenoxy) is 1. The van der Waals surface area contributed by atoms with Gasteiger partial charge in [-0.15, -0.1) is 11.3 Å². The van der Waals surface area contributed by atoms with Gasteiger partial charge in [-0.05, 0) is 39.3 Å². The fourth-order valence-corrected chi connectivity index (χ4v) is 3.43. The Kier molecular flexibility index (Phi) is 8.26. The maximum Gasteiger partial charge on any atom is 0.407 e. The van der Waals surface area contributed by atoms with Gasteiger partial charge in [0.05, 0.1) is 4.34 Å². The molecule has 1 rings (SSSR count). The van der Waals surface area contributed by atoms with E-state index >= 15 is 0 Å². The molecule has 1 atom stereocenters. The maximum absolute atomic E-state index is 11.8. The van der Waals surface area contributed by atoms with Gasteiger partial charge in [-0.25, -0.2) is 4.79 Å². The van der Waals surface area contributed by atoms with E-state index < -0.39 is 5.60 Å². The standard InChI is InChI=1S/C17H28ClNO2S/c1-5-6-7-8-9-13(14-10-11-15(18)22-14)12-19-16(20)21-17(2,3)4/h10-11,13H,5-9,12H2,1-4H3,(H,19,20). The SMILES string of the molecule is CCCCCCC(CNC(=O)OC(C)(C)C)c1ccc(Cl)s1. The third-order valence-corrected chi connectivity index (χ3v) is 4.69. The first-order chi connectivity index (χ1) is 10.3. The Morgan fingerprint density at radius 1 is 1.32 bits per heavy atom. The Morgan fingerprint density at radius 3 is 2.59 bits per heavy atom. The van der Waals surface area contributed by atoms with E-state index in [4.69, 9.17) is 16.3 Å². The van der Waals surface area contributed by atoms with Crippen molar-refractivity contribution in [1.82, 2.24) is 5.32 Å². The van der Waals surface area contributed by atoms with Gasteiger partial charge in [-0.1, -0.05) is 44.2 Å². The van der Waals surface area contributed by atoms with Crippen molar-refractivity contribution in [2.75, 3.05) is 6.54 Å². The molecule has 0 saturated carbocycles. The molecular formula is C17H28ClNO2S. The lowest BCUT2D eigenvalue weighted by atomic mass is 9.99. The summed E-state index contributed by atoms with van der Waals surface area (Å²) < 4.78 is 6.10. The van der Waals surface area contributed by atoms with Gasteiger partial charge >= 0.3 is 6.09 Å². The van der Waals surface area contributed by atoms with Crippen LogP contribution in [0, 0.1) is 0 Å². The number of hydrogen-bond donors (Lipinski definition) is 1. The highest BCUT2D eigenvalue weighted by molar-refractivity contribution is 7.16. The molecule has 0 aliphatic rings. The van der Waals surface area contributed by atoms with Gasteiger partial charge in [0.15, 0.2) is 0 Å². The average molecular weight is 346 g/mol. The number of alkyl carbamates (subject to hydrolysis) is 1. The maximum atomic E-state index is 11.8. The van der Waals surface area contributed by atoms with Crippen LogP contribution in [0.15, 0.2) is 12.1 Å². The summed E-state index contributed by atoms with van der Waals surface area (Å²) in [5, 5.41) is 2.89. The molecule has 0 fully saturated rings. The van der Waals surface area contributed by atoms with Crippen molar-refractivity contribution >= 4 is 29.0 Å². The molecule has 0 saturated heterocycles. The molecule has 1 aromatic rings. The molecule has 3 nitrogen and oxygen atoms in total. The fraction of sp³-hybridized carbons (Fsp3) is 0.706. The van der Waals surface area contributed by atoms with Crippen molar-refractivity contribution in [3.05, 3.63) is 21.3 Å². The number of nitrogens with one attached hydrogen (secondary N) is 1. The van der Waals surface area contributed by atoms with Gasteiger partial charge in [0, 0.05) is 17.3 Å². The Bertz CT molecular complexity index is 454. The second-order valence-electron chi connectivity index (χ2n) is 6.57. The highest BCUT2D eigenvalue weighted by atomic mass is 35.5. The predicted octanol–water partition coefficient (Wildman–Crippen LogP) is 5.98.